The Hall–Kier alpha value is -2.16. The van der Waals surface area contributed by atoms with E-state index in [0.29, 0.717) is 13.0 Å². The predicted molar refractivity (Wildman–Crippen MR) is 128 cm³/mol. The van der Waals surface area contributed by atoms with Crippen molar-refractivity contribution in [2.75, 3.05) is 51.7 Å². The van der Waals surface area contributed by atoms with Crippen LogP contribution in [0.5, 0.6) is 5.75 Å². The normalized spacial score (nSPS) is 23.2. The lowest BCUT2D eigenvalue weighted by molar-refractivity contribution is -0.139. The van der Waals surface area contributed by atoms with Gasteiger partial charge < -0.3 is 14.4 Å². The standard InChI is InChI=1S/C25H32N4O3S/c1-18-16-26-25(33-14-11-28-9-12-31-13-10-28)27-23(18)20-6-4-8-29(17-20)24(30)22-15-19-5-2-3-7-21(19)32-22/h2-3,5,7,16,20,22H,4,6,8-15,17H2,1H3/t20-,22-/m1/s1. The van der Waals surface area contributed by atoms with E-state index in [9.17, 15) is 4.79 Å². The zero-order valence-electron chi connectivity index (χ0n) is 19.2. The summed E-state index contributed by atoms with van der Waals surface area (Å²) in [4.78, 5) is 27.2. The third-order valence-corrected chi connectivity index (χ3v) is 7.62. The minimum Gasteiger partial charge on any atom is -0.480 e. The van der Waals surface area contributed by atoms with Crippen LogP contribution in [0.15, 0.2) is 35.6 Å². The molecule has 176 valence electrons. The number of benzene rings is 1. The Balaban J connectivity index is 1.20. The maximum Gasteiger partial charge on any atom is 0.264 e. The number of carbonyl (C=O) groups is 1. The molecule has 0 bridgehead atoms. The van der Waals surface area contributed by atoms with E-state index in [0.717, 1.165) is 85.7 Å². The fourth-order valence-corrected chi connectivity index (χ4v) is 5.76. The molecule has 0 saturated carbocycles. The number of hydrogen-bond donors (Lipinski definition) is 0. The van der Waals surface area contributed by atoms with E-state index in [-0.39, 0.29) is 11.8 Å². The molecule has 4 heterocycles. The number of likely N-dealkylation sites (tertiary alicyclic amines) is 1. The van der Waals surface area contributed by atoms with E-state index in [4.69, 9.17) is 14.5 Å². The number of morpholine rings is 1. The molecular weight excluding hydrogens is 436 g/mol. The number of amides is 1. The summed E-state index contributed by atoms with van der Waals surface area (Å²) in [5.41, 5.74) is 3.32. The number of nitrogens with zero attached hydrogens (tertiary/aromatic N) is 4. The van der Waals surface area contributed by atoms with Crippen molar-refractivity contribution in [2.45, 2.75) is 43.4 Å². The van der Waals surface area contributed by atoms with Crippen molar-refractivity contribution in [3.8, 4) is 5.75 Å². The first-order valence-electron chi connectivity index (χ1n) is 12.0. The zero-order valence-corrected chi connectivity index (χ0v) is 20.1. The summed E-state index contributed by atoms with van der Waals surface area (Å²) < 4.78 is 11.4. The van der Waals surface area contributed by atoms with E-state index in [1.54, 1.807) is 11.8 Å². The number of fused-ring (bicyclic) bond motifs is 1. The van der Waals surface area contributed by atoms with Gasteiger partial charge in [-0.1, -0.05) is 30.0 Å². The van der Waals surface area contributed by atoms with Crippen LogP contribution in [0.25, 0.3) is 0 Å². The second kappa shape index (κ2) is 10.4. The van der Waals surface area contributed by atoms with E-state index in [1.807, 2.05) is 35.4 Å². The lowest BCUT2D eigenvalue weighted by Gasteiger charge is -2.34. The van der Waals surface area contributed by atoms with Crippen LogP contribution in [-0.2, 0) is 16.0 Å². The molecular formula is C25H32N4O3S. The SMILES string of the molecule is Cc1cnc(SCCN2CCOCC2)nc1[C@@H]1CCCN(C(=O)[C@H]2Cc3ccccc3O2)C1. The fourth-order valence-electron chi connectivity index (χ4n) is 4.94. The van der Waals surface area contributed by atoms with Crippen LogP contribution in [0, 0.1) is 6.92 Å². The molecule has 2 fully saturated rings. The van der Waals surface area contributed by atoms with Gasteiger partial charge in [0, 0.05) is 57.0 Å². The maximum absolute atomic E-state index is 13.2. The van der Waals surface area contributed by atoms with Crippen LogP contribution >= 0.6 is 11.8 Å². The first-order chi connectivity index (χ1) is 16.2. The molecule has 5 rings (SSSR count). The second-order valence-corrected chi connectivity index (χ2v) is 10.1. The van der Waals surface area contributed by atoms with Gasteiger partial charge in [-0.05, 0) is 37.0 Å². The molecule has 0 N–H and O–H groups in total. The number of aromatic nitrogens is 2. The topological polar surface area (TPSA) is 67.8 Å². The van der Waals surface area contributed by atoms with Crippen molar-refractivity contribution in [3.63, 3.8) is 0 Å². The minimum absolute atomic E-state index is 0.0997. The van der Waals surface area contributed by atoms with Gasteiger partial charge in [-0.2, -0.15) is 0 Å². The molecule has 1 amide bonds. The summed E-state index contributed by atoms with van der Waals surface area (Å²) in [7, 11) is 0. The van der Waals surface area contributed by atoms with Crippen LogP contribution in [0.2, 0.25) is 0 Å². The lowest BCUT2D eigenvalue weighted by atomic mass is 9.92. The van der Waals surface area contributed by atoms with E-state index in [1.165, 1.54) is 0 Å². The predicted octanol–water partition coefficient (Wildman–Crippen LogP) is 2.92. The van der Waals surface area contributed by atoms with Crippen molar-refractivity contribution < 1.29 is 14.3 Å². The van der Waals surface area contributed by atoms with Crippen molar-refractivity contribution in [1.29, 1.82) is 0 Å². The summed E-state index contributed by atoms with van der Waals surface area (Å²) in [6, 6.07) is 7.95. The fraction of sp³-hybridized carbons (Fsp3) is 0.560. The maximum atomic E-state index is 13.2. The molecule has 0 aliphatic carbocycles. The molecule has 8 heteroatoms. The van der Waals surface area contributed by atoms with Crippen molar-refractivity contribution in [1.82, 2.24) is 19.8 Å². The minimum atomic E-state index is -0.404. The average Bonchev–Trinajstić information content (AvgIpc) is 3.30. The molecule has 2 saturated heterocycles. The molecule has 0 radical (unpaired) electrons. The van der Waals surface area contributed by atoms with Gasteiger partial charge in [-0.15, -0.1) is 0 Å². The molecule has 3 aliphatic rings. The number of carbonyl (C=O) groups excluding carboxylic acids is 1. The number of hydrogen-bond acceptors (Lipinski definition) is 7. The molecule has 7 nitrogen and oxygen atoms in total. The molecule has 0 unspecified atom stereocenters. The molecule has 33 heavy (non-hydrogen) atoms. The largest absolute Gasteiger partial charge is 0.480 e. The van der Waals surface area contributed by atoms with E-state index < -0.39 is 6.10 Å². The summed E-state index contributed by atoms with van der Waals surface area (Å²) in [5, 5.41) is 0.835. The van der Waals surface area contributed by atoms with E-state index in [2.05, 4.69) is 16.8 Å². The molecule has 2 atom stereocenters. The third kappa shape index (κ3) is 5.34. The van der Waals surface area contributed by atoms with Crippen LogP contribution in [-0.4, -0.2) is 83.5 Å². The number of aryl methyl sites for hydroxylation is 1. The number of para-hydroxylation sites is 1. The van der Waals surface area contributed by atoms with Gasteiger partial charge in [0.25, 0.3) is 5.91 Å². The Morgan fingerprint density at radius 2 is 2.06 bits per heavy atom. The van der Waals surface area contributed by atoms with Gasteiger partial charge >= 0.3 is 0 Å². The van der Waals surface area contributed by atoms with Crippen molar-refractivity contribution in [3.05, 3.63) is 47.3 Å². The Morgan fingerprint density at radius 3 is 2.91 bits per heavy atom. The zero-order chi connectivity index (χ0) is 22.6. The molecule has 1 aromatic heterocycles. The number of rotatable bonds is 6. The third-order valence-electron chi connectivity index (χ3n) is 6.77. The quantitative estimate of drug-likeness (QED) is 0.477. The van der Waals surface area contributed by atoms with Crippen molar-refractivity contribution >= 4 is 17.7 Å². The number of ether oxygens (including phenoxy) is 2. The smallest absolute Gasteiger partial charge is 0.264 e. The highest BCUT2D eigenvalue weighted by Gasteiger charge is 2.35. The molecule has 1 aromatic carbocycles. The highest BCUT2D eigenvalue weighted by molar-refractivity contribution is 7.99. The number of thioether (sulfide) groups is 1. The number of piperidine rings is 1. The molecule has 3 aliphatic heterocycles. The Labute approximate surface area is 199 Å². The van der Waals surface area contributed by atoms with Gasteiger partial charge in [-0.25, -0.2) is 9.97 Å². The van der Waals surface area contributed by atoms with Crippen LogP contribution in [0.1, 0.15) is 35.6 Å². The first-order valence-corrected chi connectivity index (χ1v) is 13.0. The lowest BCUT2D eigenvalue weighted by Crippen LogP contribution is -2.46. The highest BCUT2D eigenvalue weighted by atomic mass is 32.2. The highest BCUT2D eigenvalue weighted by Crippen LogP contribution is 2.32. The molecule has 2 aromatic rings. The Kier molecular flexibility index (Phi) is 7.13. The first kappa shape index (κ1) is 22.6. The Bertz CT molecular complexity index is 957. The van der Waals surface area contributed by atoms with E-state index >= 15 is 0 Å². The second-order valence-electron chi connectivity index (χ2n) is 9.07. The van der Waals surface area contributed by atoms with Crippen LogP contribution < -0.4 is 4.74 Å². The Morgan fingerprint density at radius 1 is 1.21 bits per heavy atom. The molecule has 0 spiro atoms. The van der Waals surface area contributed by atoms with Crippen molar-refractivity contribution in [2.24, 2.45) is 0 Å². The van der Waals surface area contributed by atoms with Crippen LogP contribution in [0.3, 0.4) is 0 Å². The van der Waals surface area contributed by atoms with Gasteiger partial charge in [0.05, 0.1) is 18.9 Å². The average molecular weight is 469 g/mol. The monoisotopic (exact) mass is 468 g/mol. The summed E-state index contributed by atoms with van der Waals surface area (Å²) in [6.45, 7) is 8.24. The van der Waals surface area contributed by atoms with Crippen LogP contribution in [0.4, 0.5) is 0 Å². The van der Waals surface area contributed by atoms with Gasteiger partial charge in [-0.3, -0.25) is 9.69 Å². The van der Waals surface area contributed by atoms with Gasteiger partial charge in [0.2, 0.25) is 0 Å². The van der Waals surface area contributed by atoms with Gasteiger partial charge in [0.1, 0.15) is 5.75 Å². The summed E-state index contributed by atoms with van der Waals surface area (Å²) in [6.07, 6.45) is 4.23. The summed E-state index contributed by atoms with van der Waals surface area (Å²) >= 11 is 1.72. The summed E-state index contributed by atoms with van der Waals surface area (Å²) in [5.74, 6) is 2.16. The van der Waals surface area contributed by atoms with Gasteiger partial charge in [0.15, 0.2) is 11.3 Å².